The SMILES string of the molecule is Cn1c(CNc2cnns2)nc2ccccc21. The van der Waals surface area contributed by atoms with Crippen LogP contribution in [0.4, 0.5) is 5.00 Å². The van der Waals surface area contributed by atoms with Gasteiger partial charge in [-0.1, -0.05) is 16.6 Å². The minimum absolute atomic E-state index is 0.676. The number of hydrogen-bond acceptors (Lipinski definition) is 5. The van der Waals surface area contributed by atoms with Gasteiger partial charge in [0, 0.05) is 18.6 Å². The Labute approximate surface area is 102 Å². The van der Waals surface area contributed by atoms with Gasteiger partial charge in [-0.3, -0.25) is 0 Å². The number of aromatic nitrogens is 4. The number of hydrogen-bond donors (Lipinski definition) is 1. The topological polar surface area (TPSA) is 55.6 Å². The van der Waals surface area contributed by atoms with E-state index in [0.717, 1.165) is 21.9 Å². The van der Waals surface area contributed by atoms with Crippen molar-refractivity contribution in [2.45, 2.75) is 6.54 Å². The summed E-state index contributed by atoms with van der Waals surface area (Å²) in [5, 5.41) is 7.99. The fraction of sp³-hybridized carbons (Fsp3) is 0.182. The lowest BCUT2D eigenvalue weighted by Crippen LogP contribution is -2.04. The molecule has 2 aromatic heterocycles. The summed E-state index contributed by atoms with van der Waals surface area (Å²) >= 11 is 1.35. The summed E-state index contributed by atoms with van der Waals surface area (Å²) in [4.78, 5) is 4.58. The van der Waals surface area contributed by atoms with Crippen LogP contribution in [0, 0.1) is 0 Å². The summed E-state index contributed by atoms with van der Waals surface area (Å²) in [7, 11) is 2.03. The van der Waals surface area contributed by atoms with Gasteiger partial charge in [0.2, 0.25) is 0 Å². The fourth-order valence-corrected chi connectivity index (χ4v) is 2.18. The normalized spacial score (nSPS) is 10.9. The molecule has 0 saturated heterocycles. The Kier molecular flexibility index (Phi) is 2.49. The number of fused-ring (bicyclic) bond motifs is 1. The van der Waals surface area contributed by atoms with Gasteiger partial charge >= 0.3 is 0 Å². The van der Waals surface area contributed by atoms with E-state index in [1.807, 2.05) is 25.2 Å². The van der Waals surface area contributed by atoms with E-state index in [4.69, 9.17) is 0 Å². The first-order valence-electron chi connectivity index (χ1n) is 5.26. The molecule has 5 nitrogen and oxygen atoms in total. The minimum Gasteiger partial charge on any atom is -0.367 e. The maximum absolute atomic E-state index is 4.58. The smallest absolute Gasteiger partial charge is 0.130 e. The minimum atomic E-state index is 0.676. The fourth-order valence-electron chi connectivity index (χ4n) is 1.76. The van der Waals surface area contributed by atoms with E-state index < -0.39 is 0 Å². The molecule has 0 aliphatic carbocycles. The molecule has 0 atom stereocenters. The van der Waals surface area contributed by atoms with E-state index in [-0.39, 0.29) is 0 Å². The molecule has 0 amide bonds. The zero-order valence-electron chi connectivity index (χ0n) is 9.29. The zero-order chi connectivity index (χ0) is 11.7. The molecule has 0 aliphatic heterocycles. The Bertz CT molecular complexity index is 628. The lowest BCUT2D eigenvalue weighted by atomic mass is 10.3. The van der Waals surface area contributed by atoms with Crippen molar-refractivity contribution in [3.05, 3.63) is 36.3 Å². The quantitative estimate of drug-likeness (QED) is 0.767. The highest BCUT2D eigenvalue weighted by Gasteiger charge is 2.06. The van der Waals surface area contributed by atoms with Crippen LogP contribution >= 0.6 is 11.5 Å². The van der Waals surface area contributed by atoms with E-state index in [1.165, 1.54) is 11.5 Å². The lowest BCUT2D eigenvalue weighted by Gasteiger charge is -2.02. The maximum Gasteiger partial charge on any atom is 0.130 e. The van der Waals surface area contributed by atoms with Crippen LogP contribution in [0.25, 0.3) is 11.0 Å². The Morgan fingerprint density at radius 1 is 1.35 bits per heavy atom. The molecule has 86 valence electrons. The van der Waals surface area contributed by atoms with Crippen molar-refractivity contribution in [3.8, 4) is 0 Å². The number of imidazole rings is 1. The molecule has 0 fully saturated rings. The van der Waals surface area contributed by atoms with Crippen molar-refractivity contribution >= 4 is 27.6 Å². The molecule has 1 N–H and O–H groups in total. The van der Waals surface area contributed by atoms with Crippen molar-refractivity contribution in [1.29, 1.82) is 0 Å². The average Bonchev–Trinajstić information content (AvgIpc) is 2.96. The number of anilines is 1. The molecule has 0 aliphatic rings. The molecular weight excluding hydrogens is 234 g/mol. The number of nitrogens with zero attached hydrogens (tertiary/aromatic N) is 4. The second kappa shape index (κ2) is 4.14. The van der Waals surface area contributed by atoms with E-state index in [2.05, 4.69) is 30.5 Å². The molecule has 1 aromatic carbocycles. The van der Waals surface area contributed by atoms with Gasteiger partial charge in [-0.25, -0.2) is 4.98 Å². The first-order valence-corrected chi connectivity index (χ1v) is 6.03. The monoisotopic (exact) mass is 245 g/mol. The van der Waals surface area contributed by atoms with Crippen LogP contribution in [-0.4, -0.2) is 19.1 Å². The summed E-state index contributed by atoms with van der Waals surface area (Å²) in [6, 6.07) is 8.11. The molecule has 6 heteroatoms. The van der Waals surface area contributed by atoms with Gasteiger partial charge in [-0.15, -0.1) is 5.10 Å². The molecule has 2 heterocycles. The first-order chi connectivity index (χ1) is 8.34. The van der Waals surface area contributed by atoms with Gasteiger partial charge in [0.05, 0.1) is 23.8 Å². The summed E-state index contributed by atoms with van der Waals surface area (Å²) in [6.07, 6.45) is 1.72. The van der Waals surface area contributed by atoms with Crippen molar-refractivity contribution < 1.29 is 0 Å². The highest BCUT2D eigenvalue weighted by Crippen LogP contribution is 2.16. The molecule has 3 aromatic rings. The number of para-hydroxylation sites is 2. The van der Waals surface area contributed by atoms with Crippen molar-refractivity contribution in [1.82, 2.24) is 19.1 Å². The predicted octanol–water partition coefficient (Wildman–Crippen LogP) is 2.04. The summed E-state index contributed by atoms with van der Waals surface area (Å²) < 4.78 is 5.90. The Morgan fingerprint density at radius 2 is 2.24 bits per heavy atom. The second-order valence-electron chi connectivity index (χ2n) is 3.71. The summed E-state index contributed by atoms with van der Waals surface area (Å²) in [6.45, 7) is 0.676. The molecule has 0 saturated carbocycles. The van der Waals surface area contributed by atoms with Crippen molar-refractivity contribution in [2.24, 2.45) is 7.05 Å². The maximum atomic E-state index is 4.58. The molecule has 0 spiro atoms. The lowest BCUT2D eigenvalue weighted by molar-refractivity contribution is 0.835. The van der Waals surface area contributed by atoms with E-state index in [9.17, 15) is 0 Å². The third-order valence-electron chi connectivity index (χ3n) is 2.66. The molecule has 0 radical (unpaired) electrons. The van der Waals surface area contributed by atoms with Gasteiger partial charge in [0.15, 0.2) is 0 Å². The van der Waals surface area contributed by atoms with Crippen LogP contribution in [0.15, 0.2) is 30.5 Å². The van der Waals surface area contributed by atoms with Crippen LogP contribution in [0.2, 0.25) is 0 Å². The zero-order valence-corrected chi connectivity index (χ0v) is 10.1. The van der Waals surface area contributed by atoms with Gasteiger partial charge in [0.25, 0.3) is 0 Å². The van der Waals surface area contributed by atoms with Gasteiger partial charge in [0.1, 0.15) is 10.8 Å². The number of nitrogens with one attached hydrogen (secondary N) is 1. The van der Waals surface area contributed by atoms with Crippen LogP contribution in [0.1, 0.15) is 5.82 Å². The van der Waals surface area contributed by atoms with Gasteiger partial charge < -0.3 is 9.88 Å². The van der Waals surface area contributed by atoms with Crippen LogP contribution < -0.4 is 5.32 Å². The number of benzene rings is 1. The first kappa shape index (κ1) is 10.2. The molecule has 3 rings (SSSR count). The number of aryl methyl sites for hydroxylation is 1. The molecule has 0 bridgehead atoms. The standard InChI is InChI=1S/C11H11N5S/c1-16-9-5-3-2-4-8(9)14-10(16)6-12-11-7-13-15-17-11/h2-5,7,12H,6H2,1H3. The third-order valence-corrected chi connectivity index (χ3v) is 3.28. The summed E-state index contributed by atoms with van der Waals surface area (Å²) in [5.41, 5.74) is 2.17. The molecule has 17 heavy (non-hydrogen) atoms. The van der Waals surface area contributed by atoms with Gasteiger partial charge in [-0.2, -0.15) is 0 Å². The Balaban J connectivity index is 1.88. The molecule has 0 unspecified atom stereocenters. The average molecular weight is 245 g/mol. The van der Waals surface area contributed by atoms with E-state index in [1.54, 1.807) is 6.20 Å². The van der Waals surface area contributed by atoms with E-state index >= 15 is 0 Å². The van der Waals surface area contributed by atoms with Crippen molar-refractivity contribution in [3.63, 3.8) is 0 Å². The molecular formula is C11H11N5S. The van der Waals surface area contributed by atoms with Crippen LogP contribution in [0.5, 0.6) is 0 Å². The van der Waals surface area contributed by atoms with Gasteiger partial charge in [-0.05, 0) is 12.1 Å². The van der Waals surface area contributed by atoms with E-state index in [0.29, 0.717) is 6.54 Å². The second-order valence-corrected chi connectivity index (χ2v) is 4.50. The largest absolute Gasteiger partial charge is 0.367 e. The summed E-state index contributed by atoms with van der Waals surface area (Å²) in [5.74, 6) is 1.000. The van der Waals surface area contributed by atoms with Crippen molar-refractivity contribution in [2.75, 3.05) is 5.32 Å². The highest BCUT2D eigenvalue weighted by molar-refractivity contribution is 7.09. The Morgan fingerprint density at radius 3 is 3.00 bits per heavy atom. The predicted molar refractivity (Wildman–Crippen MR) is 67.9 cm³/mol. The van der Waals surface area contributed by atoms with Crippen LogP contribution in [-0.2, 0) is 13.6 Å². The number of rotatable bonds is 3. The highest BCUT2D eigenvalue weighted by atomic mass is 32.1. The van der Waals surface area contributed by atoms with Crippen LogP contribution in [0.3, 0.4) is 0 Å². The third kappa shape index (κ3) is 1.87. The Hall–Kier alpha value is -1.95.